The molecule has 2 N–H and O–H groups in total. The third-order valence-electron chi connectivity index (χ3n) is 4.71. The van der Waals surface area contributed by atoms with Gasteiger partial charge in [-0.05, 0) is 49.1 Å². The van der Waals surface area contributed by atoms with Gasteiger partial charge in [-0.25, -0.2) is 0 Å². The molecule has 0 atom stereocenters. The van der Waals surface area contributed by atoms with Gasteiger partial charge in [-0.2, -0.15) is 0 Å². The Bertz CT molecular complexity index is 797. The van der Waals surface area contributed by atoms with Crippen molar-refractivity contribution < 1.29 is 9.59 Å². The molecular weight excluding hydrogens is 328 g/mol. The number of nitrogens with zero attached hydrogens (tertiary/aromatic N) is 2. The first-order chi connectivity index (χ1) is 12.5. The summed E-state index contributed by atoms with van der Waals surface area (Å²) in [5, 5.41) is 6.26. The Kier molecular flexibility index (Phi) is 5.61. The molecule has 0 aliphatic carbocycles. The lowest BCUT2D eigenvalue weighted by Crippen LogP contribution is -2.36. The Labute approximate surface area is 154 Å². The molecule has 0 bridgehead atoms. The normalized spacial score (nSPS) is 13.3. The SMILES string of the molecule is CN(CCNC(=O)c1ccn(C)c1)C(=O)c1ccc2c(c1)CCCCN2. The van der Waals surface area contributed by atoms with Crippen molar-refractivity contribution in [3.05, 3.63) is 53.3 Å². The van der Waals surface area contributed by atoms with Crippen LogP contribution < -0.4 is 10.6 Å². The van der Waals surface area contributed by atoms with Crippen LogP contribution in [0.4, 0.5) is 5.69 Å². The first-order valence-corrected chi connectivity index (χ1v) is 9.07. The van der Waals surface area contributed by atoms with E-state index in [0.29, 0.717) is 24.2 Å². The van der Waals surface area contributed by atoms with Crippen molar-refractivity contribution in [3.8, 4) is 0 Å². The Hall–Kier alpha value is -2.76. The largest absolute Gasteiger partial charge is 0.385 e. The summed E-state index contributed by atoms with van der Waals surface area (Å²) in [5.41, 5.74) is 3.67. The van der Waals surface area contributed by atoms with Crippen LogP contribution >= 0.6 is 0 Å². The molecule has 2 heterocycles. The first-order valence-electron chi connectivity index (χ1n) is 9.07. The summed E-state index contributed by atoms with van der Waals surface area (Å²) < 4.78 is 1.83. The van der Waals surface area contributed by atoms with Crippen LogP contribution in [0, 0.1) is 0 Å². The molecule has 1 aliphatic heterocycles. The Balaban J connectivity index is 1.54. The highest BCUT2D eigenvalue weighted by Crippen LogP contribution is 2.23. The van der Waals surface area contributed by atoms with Gasteiger partial charge in [0.1, 0.15) is 0 Å². The zero-order chi connectivity index (χ0) is 18.5. The van der Waals surface area contributed by atoms with E-state index in [0.717, 1.165) is 31.5 Å². The third kappa shape index (κ3) is 4.25. The summed E-state index contributed by atoms with van der Waals surface area (Å²) in [6.07, 6.45) is 6.89. The molecule has 3 rings (SSSR count). The monoisotopic (exact) mass is 354 g/mol. The van der Waals surface area contributed by atoms with Crippen LogP contribution in [-0.2, 0) is 13.5 Å². The molecule has 6 heteroatoms. The molecule has 1 aromatic heterocycles. The topological polar surface area (TPSA) is 66.4 Å². The van der Waals surface area contributed by atoms with Crippen LogP contribution in [0.2, 0.25) is 0 Å². The van der Waals surface area contributed by atoms with E-state index in [4.69, 9.17) is 0 Å². The summed E-state index contributed by atoms with van der Waals surface area (Å²) >= 11 is 0. The number of likely N-dealkylation sites (N-methyl/N-ethyl adjacent to an activating group) is 1. The average Bonchev–Trinajstić information content (AvgIpc) is 2.94. The maximum Gasteiger partial charge on any atom is 0.253 e. The summed E-state index contributed by atoms with van der Waals surface area (Å²) in [5.74, 6) is -0.145. The van der Waals surface area contributed by atoms with Gasteiger partial charge >= 0.3 is 0 Å². The number of aromatic nitrogens is 1. The molecule has 0 saturated carbocycles. The fraction of sp³-hybridized carbons (Fsp3) is 0.400. The maximum absolute atomic E-state index is 12.7. The van der Waals surface area contributed by atoms with E-state index in [-0.39, 0.29) is 11.8 Å². The molecule has 2 amide bonds. The first kappa shape index (κ1) is 18.0. The molecule has 138 valence electrons. The van der Waals surface area contributed by atoms with Crippen LogP contribution in [0.15, 0.2) is 36.7 Å². The van der Waals surface area contributed by atoms with Gasteiger partial charge in [-0.3, -0.25) is 9.59 Å². The zero-order valence-electron chi connectivity index (χ0n) is 15.4. The van der Waals surface area contributed by atoms with Crippen LogP contribution in [0.1, 0.15) is 39.1 Å². The average molecular weight is 354 g/mol. The number of aryl methyl sites for hydroxylation is 2. The van der Waals surface area contributed by atoms with Crippen LogP contribution in [-0.4, -0.2) is 48.0 Å². The van der Waals surface area contributed by atoms with E-state index < -0.39 is 0 Å². The number of nitrogens with one attached hydrogen (secondary N) is 2. The molecule has 26 heavy (non-hydrogen) atoms. The van der Waals surface area contributed by atoms with Gasteiger partial charge in [0.25, 0.3) is 11.8 Å². The van der Waals surface area contributed by atoms with Crippen molar-refractivity contribution in [2.45, 2.75) is 19.3 Å². The zero-order valence-corrected chi connectivity index (χ0v) is 15.4. The van der Waals surface area contributed by atoms with E-state index in [1.165, 1.54) is 5.56 Å². The number of hydrogen-bond acceptors (Lipinski definition) is 3. The number of carbonyl (C=O) groups excluding carboxylic acids is 2. The number of fused-ring (bicyclic) bond motifs is 1. The number of carbonyl (C=O) groups is 2. The van der Waals surface area contributed by atoms with E-state index in [1.807, 2.05) is 36.0 Å². The highest BCUT2D eigenvalue weighted by Gasteiger charge is 2.15. The van der Waals surface area contributed by atoms with Gasteiger partial charge in [0.05, 0.1) is 5.56 Å². The molecule has 0 radical (unpaired) electrons. The van der Waals surface area contributed by atoms with Crippen molar-refractivity contribution in [3.63, 3.8) is 0 Å². The molecule has 2 aromatic rings. The Morgan fingerprint density at radius 3 is 2.85 bits per heavy atom. The Morgan fingerprint density at radius 1 is 1.23 bits per heavy atom. The number of hydrogen-bond donors (Lipinski definition) is 2. The molecule has 0 unspecified atom stereocenters. The van der Waals surface area contributed by atoms with Crippen LogP contribution in [0.3, 0.4) is 0 Å². The van der Waals surface area contributed by atoms with E-state index in [9.17, 15) is 9.59 Å². The highest BCUT2D eigenvalue weighted by molar-refractivity contribution is 5.95. The summed E-state index contributed by atoms with van der Waals surface area (Å²) in [6.45, 7) is 1.87. The van der Waals surface area contributed by atoms with Crippen LogP contribution in [0.5, 0.6) is 0 Å². The minimum absolute atomic E-state index is 0.0222. The van der Waals surface area contributed by atoms with Gasteiger partial charge < -0.3 is 20.1 Å². The molecule has 0 fully saturated rings. The summed E-state index contributed by atoms with van der Waals surface area (Å²) in [7, 11) is 3.64. The second kappa shape index (κ2) is 8.08. The molecule has 6 nitrogen and oxygen atoms in total. The smallest absolute Gasteiger partial charge is 0.253 e. The lowest BCUT2D eigenvalue weighted by molar-refractivity contribution is 0.0787. The van der Waals surface area contributed by atoms with Crippen LogP contribution in [0.25, 0.3) is 0 Å². The van der Waals surface area contributed by atoms with E-state index in [1.54, 1.807) is 24.2 Å². The summed E-state index contributed by atoms with van der Waals surface area (Å²) in [4.78, 5) is 26.3. The Morgan fingerprint density at radius 2 is 2.08 bits per heavy atom. The van der Waals surface area contributed by atoms with Gasteiger partial charge in [-0.1, -0.05) is 0 Å². The number of anilines is 1. The molecular formula is C20H26N4O2. The molecule has 1 aliphatic rings. The predicted molar refractivity (Wildman–Crippen MR) is 103 cm³/mol. The van der Waals surface area contributed by atoms with Crippen molar-refractivity contribution in [1.82, 2.24) is 14.8 Å². The quantitative estimate of drug-likeness (QED) is 0.866. The molecule has 1 aromatic carbocycles. The fourth-order valence-electron chi connectivity index (χ4n) is 3.17. The predicted octanol–water partition coefficient (Wildman–Crippen LogP) is 2.28. The van der Waals surface area contributed by atoms with Gasteiger partial charge in [0.15, 0.2) is 0 Å². The lowest BCUT2D eigenvalue weighted by Gasteiger charge is -2.18. The van der Waals surface area contributed by atoms with Crippen molar-refractivity contribution in [2.24, 2.45) is 7.05 Å². The number of amides is 2. The second-order valence-electron chi connectivity index (χ2n) is 6.80. The van der Waals surface area contributed by atoms with Crippen molar-refractivity contribution >= 4 is 17.5 Å². The minimum atomic E-state index is -0.123. The standard InChI is InChI=1S/C20H26N4O2/c1-23-11-8-17(14-23)19(25)22-10-12-24(2)20(26)16-6-7-18-15(13-16)5-3-4-9-21-18/h6-8,11,13-14,21H,3-5,9-10,12H2,1-2H3,(H,22,25). The fourth-order valence-corrected chi connectivity index (χ4v) is 3.17. The minimum Gasteiger partial charge on any atom is -0.385 e. The number of rotatable bonds is 5. The van der Waals surface area contributed by atoms with E-state index in [2.05, 4.69) is 10.6 Å². The van der Waals surface area contributed by atoms with Gasteiger partial charge in [0, 0.05) is 57.4 Å². The second-order valence-corrected chi connectivity index (χ2v) is 6.80. The van der Waals surface area contributed by atoms with Gasteiger partial charge in [-0.15, -0.1) is 0 Å². The van der Waals surface area contributed by atoms with Crippen molar-refractivity contribution in [2.75, 3.05) is 32.0 Å². The lowest BCUT2D eigenvalue weighted by atomic mass is 10.0. The molecule has 0 spiro atoms. The highest BCUT2D eigenvalue weighted by atomic mass is 16.2. The summed E-state index contributed by atoms with van der Waals surface area (Å²) in [6, 6.07) is 7.64. The van der Waals surface area contributed by atoms with Crippen molar-refractivity contribution in [1.29, 1.82) is 0 Å². The molecule has 0 saturated heterocycles. The maximum atomic E-state index is 12.7. The third-order valence-corrected chi connectivity index (χ3v) is 4.71. The van der Waals surface area contributed by atoms with E-state index >= 15 is 0 Å². The van der Waals surface area contributed by atoms with Gasteiger partial charge in [0.2, 0.25) is 0 Å². The number of benzene rings is 1.